The van der Waals surface area contributed by atoms with Crippen LogP contribution in [0.5, 0.6) is 0 Å². The molecule has 134 valence electrons. The van der Waals surface area contributed by atoms with E-state index in [0.717, 1.165) is 19.6 Å². The van der Waals surface area contributed by atoms with E-state index >= 15 is 0 Å². The fourth-order valence-corrected chi connectivity index (χ4v) is 3.46. The molecule has 5 nitrogen and oxygen atoms in total. The first-order valence-electron chi connectivity index (χ1n) is 7.46. The van der Waals surface area contributed by atoms with Crippen molar-refractivity contribution in [3.05, 3.63) is 22.4 Å². The van der Waals surface area contributed by atoms with Crippen LogP contribution in [0.15, 0.2) is 17.5 Å². The number of carbonyl (C=O) groups excluding carboxylic acids is 1. The first kappa shape index (κ1) is 22.6. The quantitative estimate of drug-likeness (QED) is 0.754. The van der Waals surface area contributed by atoms with E-state index in [4.69, 9.17) is 10.5 Å². The van der Waals surface area contributed by atoms with Crippen LogP contribution in [0.2, 0.25) is 0 Å². The first-order valence-corrected chi connectivity index (χ1v) is 8.34. The van der Waals surface area contributed by atoms with E-state index in [1.807, 2.05) is 0 Å². The van der Waals surface area contributed by atoms with Gasteiger partial charge in [0.15, 0.2) is 0 Å². The lowest BCUT2D eigenvalue weighted by Crippen LogP contribution is -2.47. The van der Waals surface area contributed by atoms with Crippen LogP contribution < -0.4 is 11.1 Å². The largest absolute Gasteiger partial charge is 0.383 e. The number of carbonyl (C=O) groups is 1. The highest BCUT2D eigenvalue weighted by Crippen LogP contribution is 2.19. The van der Waals surface area contributed by atoms with Crippen LogP contribution in [0.4, 0.5) is 0 Å². The van der Waals surface area contributed by atoms with Crippen molar-refractivity contribution in [1.82, 2.24) is 10.2 Å². The number of nitrogens with two attached hydrogens (primary N) is 1. The number of hydrogen-bond donors (Lipinski definition) is 2. The third-order valence-electron chi connectivity index (χ3n) is 3.81. The van der Waals surface area contributed by atoms with Gasteiger partial charge in [-0.15, -0.1) is 36.2 Å². The number of piperidine rings is 1. The number of hydrogen-bond acceptors (Lipinski definition) is 5. The topological polar surface area (TPSA) is 67.6 Å². The van der Waals surface area contributed by atoms with E-state index in [-0.39, 0.29) is 37.3 Å². The van der Waals surface area contributed by atoms with Crippen molar-refractivity contribution in [3.63, 3.8) is 0 Å². The number of nitrogens with one attached hydrogen (secondary N) is 1. The average Bonchev–Trinajstić information content (AvgIpc) is 2.98. The van der Waals surface area contributed by atoms with Gasteiger partial charge in [-0.2, -0.15) is 0 Å². The van der Waals surface area contributed by atoms with Crippen LogP contribution >= 0.6 is 36.2 Å². The van der Waals surface area contributed by atoms with Gasteiger partial charge in [-0.05, 0) is 36.8 Å². The van der Waals surface area contributed by atoms with E-state index in [0.29, 0.717) is 12.5 Å². The van der Waals surface area contributed by atoms with E-state index in [2.05, 4.69) is 27.7 Å². The Labute approximate surface area is 154 Å². The minimum atomic E-state index is -0.569. The Morgan fingerprint density at radius 3 is 3.00 bits per heavy atom. The second-order valence-electron chi connectivity index (χ2n) is 5.63. The molecule has 23 heavy (non-hydrogen) atoms. The molecule has 1 fully saturated rings. The van der Waals surface area contributed by atoms with Crippen LogP contribution in [-0.2, 0) is 16.1 Å². The highest BCUT2D eigenvalue weighted by molar-refractivity contribution is 7.09. The molecule has 1 saturated heterocycles. The van der Waals surface area contributed by atoms with Crippen LogP contribution in [-0.4, -0.2) is 50.2 Å². The number of likely N-dealkylation sites (tertiary alicyclic amines) is 1. The zero-order valence-electron chi connectivity index (χ0n) is 13.4. The van der Waals surface area contributed by atoms with E-state index in [1.165, 1.54) is 17.7 Å². The Hall–Kier alpha value is -0.370. The van der Waals surface area contributed by atoms with Gasteiger partial charge in [-0.3, -0.25) is 9.69 Å². The monoisotopic (exact) mass is 383 g/mol. The predicted octanol–water partition coefficient (Wildman–Crippen LogP) is 1.89. The molecule has 2 rings (SSSR count). The van der Waals surface area contributed by atoms with Crippen molar-refractivity contribution < 1.29 is 9.53 Å². The molecular formula is C15H27Cl2N3O2S. The molecule has 0 bridgehead atoms. The maximum Gasteiger partial charge on any atom is 0.239 e. The summed E-state index contributed by atoms with van der Waals surface area (Å²) >= 11 is 1.80. The molecule has 1 aliphatic rings. The molecule has 1 aromatic heterocycles. The van der Waals surface area contributed by atoms with Gasteiger partial charge >= 0.3 is 0 Å². The third kappa shape index (κ3) is 7.83. The molecule has 1 aromatic rings. The standard InChI is InChI=1S/C15H25N3O2S.2ClH/c1-20-11-14(16)15(19)17-8-12-4-2-6-18(9-12)10-13-5-3-7-21-13;;/h3,5,7,12,14H,2,4,6,8-11,16H2,1H3,(H,17,19);2*1H. The highest BCUT2D eigenvalue weighted by atomic mass is 35.5. The summed E-state index contributed by atoms with van der Waals surface area (Å²) in [5, 5.41) is 5.07. The van der Waals surface area contributed by atoms with E-state index in [1.54, 1.807) is 18.4 Å². The highest BCUT2D eigenvalue weighted by Gasteiger charge is 2.21. The fourth-order valence-electron chi connectivity index (χ4n) is 2.72. The maximum absolute atomic E-state index is 11.8. The van der Waals surface area contributed by atoms with Gasteiger partial charge in [0.2, 0.25) is 5.91 Å². The Morgan fingerprint density at radius 2 is 2.35 bits per heavy atom. The smallest absolute Gasteiger partial charge is 0.239 e. The van der Waals surface area contributed by atoms with Gasteiger partial charge < -0.3 is 15.8 Å². The summed E-state index contributed by atoms with van der Waals surface area (Å²) in [7, 11) is 1.55. The molecular weight excluding hydrogens is 357 g/mol. The van der Waals surface area contributed by atoms with Gasteiger partial charge in [0.05, 0.1) is 6.61 Å². The van der Waals surface area contributed by atoms with Gasteiger partial charge in [0, 0.05) is 31.6 Å². The van der Waals surface area contributed by atoms with Crippen LogP contribution in [0.1, 0.15) is 17.7 Å². The molecule has 0 aromatic carbocycles. The maximum atomic E-state index is 11.8. The Bertz CT molecular complexity index is 434. The van der Waals surface area contributed by atoms with Gasteiger partial charge in [-0.25, -0.2) is 0 Å². The predicted molar refractivity (Wildman–Crippen MR) is 99.7 cm³/mol. The molecule has 1 aliphatic heterocycles. The first-order chi connectivity index (χ1) is 10.2. The zero-order chi connectivity index (χ0) is 15.1. The number of nitrogens with zero attached hydrogens (tertiary/aromatic N) is 1. The van der Waals surface area contributed by atoms with Crippen LogP contribution in [0.25, 0.3) is 0 Å². The number of thiophene rings is 1. The second kappa shape index (κ2) is 12.1. The molecule has 2 unspecified atom stereocenters. The second-order valence-corrected chi connectivity index (χ2v) is 6.66. The van der Waals surface area contributed by atoms with Crippen LogP contribution in [0, 0.1) is 5.92 Å². The lowest BCUT2D eigenvalue weighted by molar-refractivity contribution is -0.123. The molecule has 2 atom stereocenters. The van der Waals surface area contributed by atoms with Gasteiger partial charge in [0.1, 0.15) is 6.04 Å². The molecule has 3 N–H and O–H groups in total. The Balaban J connectivity index is 0.00000242. The number of rotatable bonds is 7. The minimum absolute atomic E-state index is 0. The van der Waals surface area contributed by atoms with E-state index in [9.17, 15) is 4.79 Å². The summed E-state index contributed by atoms with van der Waals surface area (Å²) in [5.41, 5.74) is 5.71. The molecule has 8 heteroatoms. The van der Waals surface area contributed by atoms with Crippen molar-refractivity contribution >= 4 is 42.1 Å². The Morgan fingerprint density at radius 1 is 1.57 bits per heavy atom. The zero-order valence-corrected chi connectivity index (χ0v) is 15.9. The summed E-state index contributed by atoms with van der Waals surface area (Å²) in [6.45, 7) is 4.17. The summed E-state index contributed by atoms with van der Waals surface area (Å²) in [6, 6.07) is 3.71. The third-order valence-corrected chi connectivity index (χ3v) is 4.67. The molecule has 0 saturated carbocycles. The summed E-state index contributed by atoms with van der Waals surface area (Å²) in [4.78, 5) is 15.7. The molecule has 1 amide bonds. The summed E-state index contributed by atoms with van der Waals surface area (Å²) in [6.07, 6.45) is 2.36. The van der Waals surface area contributed by atoms with Crippen molar-refractivity contribution in [2.24, 2.45) is 11.7 Å². The normalized spacial score (nSPS) is 19.3. The molecule has 0 spiro atoms. The van der Waals surface area contributed by atoms with Gasteiger partial charge in [0.25, 0.3) is 0 Å². The lowest BCUT2D eigenvalue weighted by Gasteiger charge is -2.32. The van der Waals surface area contributed by atoms with Crippen molar-refractivity contribution in [2.45, 2.75) is 25.4 Å². The van der Waals surface area contributed by atoms with Crippen LogP contribution in [0.3, 0.4) is 0 Å². The SMILES string of the molecule is COCC(N)C(=O)NCC1CCCN(Cc2cccs2)C1.Cl.Cl. The molecule has 2 heterocycles. The van der Waals surface area contributed by atoms with E-state index < -0.39 is 6.04 Å². The average molecular weight is 384 g/mol. The van der Waals surface area contributed by atoms with Gasteiger partial charge in [-0.1, -0.05) is 6.07 Å². The number of halogens is 2. The molecule has 0 aliphatic carbocycles. The van der Waals surface area contributed by atoms with Crippen molar-refractivity contribution in [2.75, 3.05) is 33.4 Å². The van der Waals surface area contributed by atoms with Crippen molar-refractivity contribution in [1.29, 1.82) is 0 Å². The Kier molecular flexibility index (Phi) is 11.9. The molecule has 0 radical (unpaired) electrons. The minimum Gasteiger partial charge on any atom is -0.383 e. The number of ether oxygens (including phenoxy) is 1. The fraction of sp³-hybridized carbons (Fsp3) is 0.667. The summed E-state index contributed by atoms with van der Waals surface area (Å²) < 4.78 is 4.90. The lowest BCUT2D eigenvalue weighted by atomic mass is 9.98. The summed E-state index contributed by atoms with van der Waals surface area (Å²) in [5.74, 6) is 0.393. The number of methoxy groups -OCH3 is 1. The van der Waals surface area contributed by atoms with Crippen molar-refractivity contribution in [3.8, 4) is 0 Å². The number of amides is 1.